The molecule has 1 saturated heterocycles. The molecule has 0 saturated carbocycles. The van der Waals surface area contributed by atoms with E-state index >= 15 is 0 Å². The predicted molar refractivity (Wildman–Crippen MR) is 127 cm³/mol. The Morgan fingerprint density at radius 2 is 2.03 bits per heavy atom. The zero-order valence-electron chi connectivity index (χ0n) is 18.2. The van der Waals surface area contributed by atoms with Crippen molar-refractivity contribution in [1.29, 1.82) is 0 Å². The van der Waals surface area contributed by atoms with Crippen molar-refractivity contribution in [1.82, 2.24) is 40.2 Å². The van der Waals surface area contributed by atoms with Crippen LogP contribution in [0.1, 0.15) is 30.3 Å². The smallest absolute Gasteiger partial charge is 0.247 e. The summed E-state index contributed by atoms with van der Waals surface area (Å²) in [6.07, 6.45) is 7.14. The molecule has 10 heteroatoms. The number of aromatic nitrogens is 7. The third-order valence-electron chi connectivity index (χ3n) is 6.13. The van der Waals surface area contributed by atoms with Gasteiger partial charge in [0.05, 0.1) is 17.1 Å². The van der Waals surface area contributed by atoms with Crippen LogP contribution in [0.3, 0.4) is 0 Å². The van der Waals surface area contributed by atoms with Gasteiger partial charge >= 0.3 is 0 Å². The van der Waals surface area contributed by atoms with E-state index in [-0.39, 0.29) is 5.92 Å². The number of fused-ring (bicyclic) bond motifs is 1. The number of hydrogen-bond acceptors (Lipinski definition) is 8. The summed E-state index contributed by atoms with van der Waals surface area (Å²) >= 11 is 6.08. The van der Waals surface area contributed by atoms with E-state index in [0.717, 1.165) is 65.9 Å². The van der Waals surface area contributed by atoms with E-state index in [0.29, 0.717) is 16.9 Å². The number of nitrogens with zero attached hydrogens (tertiary/aromatic N) is 7. The Hall–Kier alpha value is -3.69. The van der Waals surface area contributed by atoms with Crippen molar-refractivity contribution < 1.29 is 4.42 Å². The molecule has 4 aromatic heterocycles. The second kappa shape index (κ2) is 8.92. The van der Waals surface area contributed by atoms with E-state index in [4.69, 9.17) is 16.0 Å². The van der Waals surface area contributed by atoms with Gasteiger partial charge in [-0.15, -0.1) is 10.2 Å². The first kappa shape index (κ1) is 20.9. The molecule has 0 unspecified atom stereocenters. The summed E-state index contributed by atoms with van der Waals surface area (Å²) in [5, 5.41) is 17.7. The summed E-state index contributed by atoms with van der Waals surface area (Å²) in [6.45, 7) is 2.68. The Labute approximate surface area is 200 Å². The minimum atomic E-state index is 0.198. The van der Waals surface area contributed by atoms with Crippen LogP contribution in [0.25, 0.3) is 33.6 Å². The first-order chi connectivity index (χ1) is 16.7. The second-order valence-corrected chi connectivity index (χ2v) is 8.81. The lowest BCUT2D eigenvalue weighted by molar-refractivity contribution is 0.184. The molecular weight excluding hydrogens is 452 g/mol. The Morgan fingerprint density at radius 3 is 2.91 bits per heavy atom. The highest BCUT2D eigenvalue weighted by Crippen LogP contribution is 2.32. The van der Waals surface area contributed by atoms with E-state index < -0.39 is 0 Å². The van der Waals surface area contributed by atoms with Gasteiger partial charge in [0.1, 0.15) is 17.2 Å². The summed E-state index contributed by atoms with van der Waals surface area (Å²) in [7, 11) is 0. The molecular formula is C24H21ClN8O. The monoisotopic (exact) mass is 472 g/mol. The van der Waals surface area contributed by atoms with Crippen LogP contribution < -0.4 is 0 Å². The third-order valence-corrected chi connectivity index (χ3v) is 6.34. The number of pyridine rings is 1. The maximum Gasteiger partial charge on any atom is 0.247 e. The third kappa shape index (κ3) is 4.15. The number of likely N-dealkylation sites (tertiary alicyclic amines) is 1. The summed E-state index contributed by atoms with van der Waals surface area (Å²) < 4.78 is 6.16. The van der Waals surface area contributed by atoms with E-state index in [1.807, 2.05) is 30.3 Å². The van der Waals surface area contributed by atoms with Crippen molar-refractivity contribution in [2.24, 2.45) is 0 Å². The van der Waals surface area contributed by atoms with Crippen molar-refractivity contribution in [3.05, 3.63) is 71.9 Å². The first-order valence-corrected chi connectivity index (χ1v) is 11.5. The molecule has 1 aromatic carbocycles. The van der Waals surface area contributed by atoms with Crippen molar-refractivity contribution in [3.63, 3.8) is 0 Å². The van der Waals surface area contributed by atoms with Gasteiger partial charge in [0.2, 0.25) is 11.8 Å². The molecule has 1 atom stereocenters. The fourth-order valence-electron chi connectivity index (χ4n) is 4.47. The normalized spacial score (nSPS) is 16.8. The average Bonchev–Trinajstić information content (AvgIpc) is 3.52. The maximum absolute atomic E-state index is 6.16. The standard InChI is InChI=1S/C24H21ClN8O/c25-21-11-15(5-8-27-21)22-19-10-16(3-4-20(19)29-30-22)23-31-32-24(34-23)17-2-1-9-33(12-17)13-18-6-7-26-14-28-18/h3-8,10-11,14,17H,1-2,9,12-13H2,(H,29,30)/t17-/m1/s1. The lowest BCUT2D eigenvalue weighted by Crippen LogP contribution is -2.34. The van der Waals surface area contributed by atoms with Gasteiger partial charge in [-0.05, 0) is 55.8 Å². The first-order valence-electron chi connectivity index (χ1n) is 11.1. The minimum Gasteiger partial charge on any atom is -0.420 e. The highest BCUT2D eigenvalue weighted by molar-refractivity contribution is 6.29. The largest absolute Gasteiger partial charge is 0.420 e. The van der Waals surface area contributed by atoms with Gasteiger partial charge in [-0.3, -0.25) is 10.00 Å². The molecule has 0 spiro atoms. The van der Waals surface area contributed by atoms with Crippen LogP contribution in [0.2, 0.25) is 5.15 Å². The molecule has 170 valence electrons. The molecule has 0 aliphatic carbocycles. The fraction of sp³-hybridized carbons (Fsp3) is 0.250. The van der Waals surface area contributed by atoms with Crippen molar-refractivity contribution in [3.8, 4) is 22.7 Å². The van der Waals surface area contributed by atoms with Crippen LogP contribution >= 0.6 is 11.6 Å². The topological polar surface area (TPSA) is 110 Å². The number of aromatic amines is 1. The van der Waals surface area contributed by atoms with E-state index in [9.17, 15) is 0 Å². The highest BCUT2D eigenvalue weighted by Gasteiger charge is 2.26. The van der Waals surface area contributed by atoms with Gasteiger partial charge in [-0.1, -0.05) is 11.6 Å². The molecule has 34 heavy (non-hydrogen) atoms. The van der Waals surface area contributed by atoms with Crippen LogP contribution in [0.5, 0.6) is 0 Å². The number of benzene rings is 1. The van der Waals surface area contributed by atoms with Gasteiger partial charge in [0.15, 0.2) is 0 Å². The zero-order valence-corrected chi connectivity index (χ0v) is 19.0. The number of piperidine rings is 1. The van der Waals surface area contributed by atoms with Crippen LogP contribution in [-0.2, 0) is 6.54 Å². The van der Waals surface area contributed by atoms with Crippen LogP contribution in [-0.4, -0.2) is 53.3 Å². The van der Waals surface area contributed by atoms with Crippen molar-refractivity contribution >= 4 is 22.5 Å². The Balaban J connectivity index is 1.24. The summed E-state index contributed by atoms with van der Waals surface area (Å²) in [5.74, 6) is 1.38. The Morgan fingerprint density at radius 1 is 1.06 bits per heavy atom. The maximum atomic E-state index is 6.16. The molecule has 0 radical (unpaired) electrons. The highest BCUT2D eigenvalue weighted by atomic mass is 35.5. The lowest BCUT2D eigenvalue weighted by Gasteiger charge is -2.30. The quantitative estimate of drug-likeness (QED) is 0.372. The predicted octanol–water partition coefficient (Wildman–Crippen LogP) is 4.50. The van der Waals surface area contributed by atoms with Crippen LogP contribution in [0.4, 0.5) is 0 Å². The van der Waals surface area contributed by atoms with Gasteiger partial charge in [0, 0.05) is 42.0 Å². The summed E-state index contributed by atoms with van der Waals surface area (Å²) in [5.41, 5.74) is 4.47. The van der Waals surface area contributed by atoms with Gasteiger partial charge in [-0.25, -0.2) is 15.0 Å². The van der Waals surface area contributed by atoms with Gasteiger partial charge < -0.3 is 4.42 Å². The Kier molecular flexibility index (Phi) is 5.48. The zero-order chi connectivity index (χ0) is 22.9. The molecule has 1 N–H and O–H groups in total. The molecule has 5 heterocycles. The lowest BCUT2D eigenvalue weighted by atomic mass is 9.98. The number of nitrogens with one attached hydrogen (secondary N) is 1. The van der Waals surface area contributed by atoms with Gasteiger partial charge in [-0.2, -0.15) is 5.10 Å². The molecule has 0 amide bonds. The molecule has 1 aliphatic rings. The number of rotatable bonds is 5. The molecule has 0 bridgehead atoms. The number of hydrogen-bond donors (Lipinski definition) is 1. The van der Waals surface area contributed by atoms with E-state index in [1.165, 1.54) is 0 Å². The molecule has 6 rings (SSSR count). The average molecular weight is 473 g/mol. The second-order valence-electron chi connectivity index (χ2n) is 8.42. The number of halogens is 1. The molecule has 9 nitrogen and oxygen atoms in total. The van der Waals surface area contributed by atoms with Crippen LogP contribution in [0.15, 0.2) is 59.5 Å². The Bertz CT molecular complexity index is 1430. The molecule has 5 aromatic rings. The fourth-order valence-corrected chi connectivity index (χ4v) is 4.65. The SMILES string of the molecule is Clc1cc(-c2n[nH]c3ccc(-c4nnc([C@@H]5CCCN(Cc6ccncn6)C5)o4)cc23)ccn1. The number of H-pyrrole nitrogens is 1. The summed E-state index contributed by atoms with van der Waals surface area (Å²) in [4.78, 5) is 14.8. The van der Waals surface area contributed by atoms with Crippen LogP contribution in [0, 0.1) is 0 Å². The molecule has 1 fully saturated rings. The summed E-state index contributed by atoms with van der Waals surface area (Å²) in [6, 6.07) is 11.6. The molecule has 1 aliphatic heterocycles. The minimum absolute atomic E-state index is 0.198. The van der Waals surface area contributed by atoms with Crippen molar-refractivity contribution in [2.45, 2.75) is 25.3 Å². The van der Waals surface area contributed by atoms with E-state index in [2.05, 4.69) is 40.2 Å². The van der Waals surface area contributed by atoms with Gasteiger partial charge in [0.25, 0.3) is 0 Å². The van der Waals surface area contributed by atoms with Crippen molar-refractivity contribution in [2.75, 3.05) is 13.1 Å². The van der Waals surface area contributed by atoms with E-state index in [1.54, 1.807) is 24.8 Å².